The zero-order valence-corrected chi connectivity index (χ0v) is 11.9. The first kappa shape index (κ1) is 13.2. The molecule has 0 unspecified atom stereocenters. The van der Waals surface area contributed by atoms with Crippen molar-refractivity contribution < 1.29 is 9.90 Å². The second-order valence-corrected chi connectivity index (χ2v) is 5.17. The van der Waals surface area contributed by atoms with Gasteiger partial charge in [0.2, 0.25) is 0 Å². The van der Waals surface area contributed by atoms with Gasteiger partial charge in [-0.15, -0.1) is 0 Å². The summed E-state index contributed by atoms with van der Waals surface area (Å²) in [6.45, 7) is 0.156. The number of aromatic carboxylic acids is 1. The van der Waals surface area contributed by atoms with E-state index >= 15 is 0 Å². The van der Waals surface area contributed by atoms with Crippen molar-refractivity contribution in [2.75, 3.05) is 0 Å². The number of hydrogen-bond acceptors (Lipinski definition) is 4. The van der Waals surface area contributed by atoms with E-state index in [9.17, 15) is 4.79 Å². The topological polar surface area (TPSA) is 91.8 Å². The number of nitriles is 1. The zero-order chi connectivity index (χ0) is 16.0. The summed E-state index contributed by atoms with van der Waals surface area (Å²) in [5, 5.41) is 19.1. The maximum absolute atomic E-state index is 11.1. The molecule has 23 heavy (non-hydrogen) atoms. The third kappa shape index (κ3) is 1.91. The van der Waals surface area contributed by atoms with Crippen molar-refractivity contribution in [3.05, 3.63) is 48.0 Å². The van der Waals surface area contributed by atoms with Crippen LogP contribution in [-0.4, -0.2) is 25.6 Å². The van der Waals surface area contributed by atoms with Crippen LogP contribution in [0, 0.1) is 11.3 Å². The third-order valence-electron chi connectivity index (χ3n) is 3.83. The summed E-state index contributed by atoms with van der Waals surface area (Å²) in [6, 6.07) is 14.5. The molecule has 0 amide bonds. The van der Waals surface area contributed by atoms with Crippen LogP contribution < -0.4 is 0 Å². The lowest BCUT2D eigenvalue weighted by atomic mass is 10.2. The van der Waals surface area contributed by atoms with Crippen LogP contribution in [0.2, 0.25) is 0 Å². The second kappa shape index (κ2) is 4.78. The van der Waals surface area contributed by atoms with Crippen molar-refractivity contribution in [1.29, 1.82) is 5.26 Å². The average Bonchev–Trinajstić information content (AvgIpc) is 2.86. The van der Waals surface area contributed by atoms with Gasteiger partial charge in [-0.25, -0.2) is 14.8 Å². The van der Waals surface area contributed by atoms with Gasteiger partial charge in [-0.1, -0.05) is 18.2 Å². The van der Waals surface area contributed by atoms with Crippen LogP contribution in [0.3, 0.4) is 0 Å². The molecule has 1 N–H and O–H groups in total. The smallest absolute Gasteiger partial charge is 0.335 e. The summed E-state index contributed by atoms with van der Waals surface area (Å²) < 4.78 is 1.80. The fourth-order valence-electron chi connectivity index (χ4n) is 2.80. The molecule has 0 aliphatic carbocycles. The van der Waals surface area contributed by atoms with Gasteiger partial charge in [0.25, 0.3) is 0 Å². The van der Waals surface area contributed by atoms with Crippen molar-refractivity contribution in [2.24, 2.45) is 0 Å². The fourth-order valence-corrected chi connectivity index (χ4v) is 2.80. The normalized spacial score (nSPS) is 11.1. The van der Waals surface area contributed by atoms with Crippen LogP contribution in [0.15, 0.2) is 42.5 Å². The molecule has 0 aliphatic rings. The minimum absolute atomic E-state index is 0.156. The highest BCUT2D eigenvalue weighted by Gasteiger charge is 2.14. The van der Waals surface area contributed by atoms with Gasteiger partial charge in [-0.2, -0.15) is 5.26 Å². The highest BCUT2D eigenvalue weighted by Crippen LogP contribution is 2.28. The maximum Gasteiger partial charge on any atom is 0.335 e. The number of fused-ring (bicyclic) bond motifs is 4. The molecule has 2 aromatic carbocycles. The zero-order valence-electron chi connectivity index (χ0n) is 11.9. The largest absolute Gasteiger partial charge is 0.478 e. The first-order chi connectivity index (χ1) is 11.2. The van der Waals surface area contributed by atoms with Gasteiger partial charge in [0, 0.05) is 5.39 Å². The highest BCUT2D eigenvalue weighted by molar-refractivity contribution is 6.06. The van der Waals surface area contributed by atoms with Gasteiger partial charge in [0.05, 0.1) is 28.2 Å². The van der Waals surface area contributed by atoms with E-state index in [0.717, 1.165) is 10.9 Å². The lowest BCUT2D eigenvalue weighted by Crippen LogP contribution is -1.99. The minimum Gasteiger partial charge on any atom is -0.478 e. The Morgan fingerprint density at radius 3 is 2.78 bits per heavy atom. The van der Waals surface area contributed by atoms with E-state index in [0.29, 0.717) is 22.2 Å². The predicted octanol–water partition coefficient (Wildman–Crippen LogP) is 2.96. The van der Waals surface area contributed by atoms with E-state index in [1.165, 1.54) is 12.1 Å². The van der Waals surface area contributed by atoms with Gasteiger partial charge < -0.3 is 9.67 Å². The molecule has 0 aliphatic heterocycles. The minimum atomic E-state index is -1.01. The molecule has 0 radical (unpaired) electrons. The summed E-state index contributed by atoms with van der Waals surface area (Å²) in [5.41, 5.74) is 3.47. The molecule has 0 saturated carbocycles. The molecule has 4 aromatic rings. The maximum atomic E-state index is 11.1. The molecule has 4 rings (SSSR count). The predicted molar refractivity (Wildman–Crippen MR) is 85.1 cm³/mol. The van der Waals surface area contributed by atoms with Crippen LogP contribution in [0.1, 0.15) is 10.4 Å². The average molecular weight is 302 g/mol. The van der Waals surface area contributed by atoms with E-state index in [2.05, 4.69) is 16.0 Å². The molecule has 0 atom stereocenters. The van der Waals surface area contributed by atoms with Gasteiger partial charge in [0.1, 0.15) is 12.1 Å². The molecule has 2 aromatic heterocycles. The number of aromatic nitrogens is 3. The van der Waals surface area contributed by atoms with Gasteiger partial charge in [-0.05, 0) is 24.3 Å². The van der Waals surface area contributed by atoms with E-state index in [1.54, 1.807) is 10.6 Å². The van der Waals surface area contributed by atoms with Crippen LogP contribution in [-0.2, 0) is 6.54 Å². The van der Waals surface area contributed by atoms with Crippen molar-refractivity contribution in [3.63, 3.8) is 0 Å². The summed E-state index contributed by atoms with van der Waals surface area (Å²) in [7, 11) is 0. The molecule has 2 heterocycles. The monoisotopic (exact) mass is 302 g/mol. The fraction of sp³-hybridized carbons (Fsp3) is 0.0588. The summed E-state index contributed by atoms with van der Waals surface area (Å²) in [5.74, 6) is -1.01. The van der Waals surface area contributed by atoms with E-state index in [-0.39, 0.29) is 12.1 Å². The molecule has 110 valence electrons. The Morgan fingerprint density at radius 1 is 1.17 bits per heavy atom. The molecule has 6 heteroatoms. The number of carbonyl (C=O) groups is 1. The van der Waals surface area contributed by atoms with Crippen molar-refractivity contribution >= 4 is 39.1 Å². The molecule has 0 bridgehead atoms. The molecule has 6 nitrogen and oxygen atoms in total. The SMILES string of the molecule is N#CCn1c2ccccc2c2nc3ccc(C(=O)O)cc3nc21. The lowest BCUT2D eigenvalue weighted by Gasteiger charge is -2.02. The Kier molecular flexibility index (Phi) is 2.75. The Hall–Kier alpha value is -3.46. The summed E-state index contributed by atoms with van der Waals surface area (Å²) >= 11 is 0. The van der Waals surface area contributed by atoms with E-state index < -0.39 is 5.97 Å². The van der Waals surface area contributed by atoms with Gasteiger partial charge in [0.15, 0.2) is 5.65 Å². The summed E-state index contributed by atoms with van der Waals surface area (Å²) in [4.78, 5) is 20.3. The van der Waals surface area contributed by atoms with Crippen LogP contribution in [0.25, 0.3) is 33.1 Å². The Labute approximate surface area is 130 Å². The first-order valence-electron chi connectivity index (χ1n) is 6.98. The number of para-hydroxylation sites is 1. The Bertz CT molecular complexity index is 1140. The number of benzene rings is 2. The van der Waals surface area contributed by atoms with Crippen LogP contribution in [0.4, 0.5) is 0 Å². The van der Waals surface area contributed by atoms with Crippen LogP contribution in [0.5, 0.6) is 0 Å². The highest BCUT2D eigenvalue weighted by atomic mass is 16.4. The molecular weight excluding hydrogens is 292 g/mol. The number of rotatable bonds is 2. The number of carboxylic acids is 1. The van der Waals surface area contributed by atoms with Crippen molar-refractivity contribution in [2.45, 2.75) is 6.54 Å². The third-order valence-corrected chi connectivity index (χ3v) is 3.83. The Balaban J connectivity index is 2.15. The van der Waals surface area contributed by atoms with Gasteiger partial charge in [-0.3, -0.25) is 0 Å². The second-order valence-electron chi connectivity index (χ2n) is 5.17. The number of nitrogens with zero attached hydrogens (tertiary/aromatic N) is 4. The van der Waals surface area contributed by atoms with Gasteiger partial charge >= 0.3 is 5.97 Å². The van der Waals surface area contributed by atoms with Crippen molar-refractivity contribution in [1.82, 2.24) is 14.5 Å². The van der Waals surface area contributed by atoms with E-state index in [4.69, 9.17) is 10.4 Å². The standard InChI is InChI=1S/C17H10N4O2/c18-7-8-21-14-4-2-1-3-11(14)15-16(21)20-13-9-10(17(22)23)5-6-12(13)19-15/h1-6,9H,8H2,(H,22,23). The lowest BCUT2D eigenvalue weighted by molar-refractivity contribution is 0.0697. The molecular formula is C17H10N4O2. The Morgan fingerprint density at radius 2 is 2.00 bits per heavy atom. The number of carboxylic acid groups (broad SMARTS) is 1. The first-order valence-corrected chi connectivity index (χ1v) is 6.98. The number of hydrogen-bond donors (Lipinski definition) is 1. The van der Waals surface area contributed by atoms with E-state index in [1.807, 2.05) is 24.3 Å². The summed E-state index contributed by atoms with van der Waals surface area (Å²) in [6.07, 6.45) is 0. The quantitative estimate of drug-likeness (QED) is 0.614. The van der Waals surface area contributed by atoms with Crippen molar-refractivity contribution in [3.8, 4) is 6.07 Å². The molecule has 0 spiro atoms. The molecule has 0 fully saturated rings. The van der Waals surface area contributed by atoms with Crippen LogP contribution >= 0.6 is 0 Å². The molecule has 0 saturated heterocycles.